The summed E-state index contributed by atoms with van der Waals surface area (Å²) in [7, 11) is 1.30. The van der Waals surface area contributed by atoms with E-state index in [-0.39, 0.29) is 12.5 Å². The van der Waals surface area contributed by atoms with Gasteiger partial charge in [0.05, 0.1) is 24.8 Å². The number of carbonyl (C=O) groups is 2. The highest BCUT2D eigenvalue weighted by atomic mass is 16.5. The molecule has 1 aromatic heterocycles. The Labute approximate surface area is 206 Å². The van der Waals surface area contributed by atoms with Crippen LogP contribution in [0.25, 0.3) is 0 Å². The number of amides is 1. The minimum absolute atomic E-state index is 0.284. The number of nitrogens with one attached hydrogen (secondary N) is 2. The zero-order chi connectivity index (χ0) is 25.2. The Hall–Kier alpha value is -3.55. The molecule has 35 heavy (non-hydrogen) atoms. The van der Waals surface area contributed by atoms with Crippen molar-refractivity contribution >= 4 is 11.9 Å². The predicted molar refractivity (Wildman–Crippen MR) is 135 cm³/mol. The van der Waals surface area contributed by atoms with Gasteiger partial charge in [0, 0.05) is 31.0 Å². The highest BCUT2D eigenvalue weighted by Gasteiger charge is 2.23. The van der Waals surface area contributed by atoms with Crippen molar-refractivity contribution in [1.29, 1.82) is 0 Å². The van der Waals surface area contributed by atoms with E-state index in [0.717, 1.165) is 16.7 Å². The Morgan fingerprint density at radius 2 is 1.71 bits per heavy atom. The Bertz CT molecular complexity index is 1120. The summed E-state index contributed by atoms with van der Waals surface area (Å²) < 4.78 is 4.75. The molecule has 2 aromatic carbocycles. The molecule has 0 aliphatic carbocycles. The van der Waals surface area contributed by atoms with E-state index in [0.29, 0.717) is 30.0 Å². The van der Waals surface area contributed by atoms with E-state index < -0.39 is 18.1 Å². The van der Waals surface area contributed by atoms with Gasteiger partial charge in [-0.2, -0.15) is 0 Å². The maximum Gasteiger partial charge on any atom is 0.337 e. The first kappa shape index (κ1) is 26.1. The number of hydrogen-bond donors (Lipinski definition) is 3. The van der Waals surface area contributed by atoms with Crippen LogP contribution in [0.2, 0.25) is 0 Å². The van der Waals surface area contributed by atoms with Crippen molar-refractivity contribution in [3.05, 3.63) is 101 Å². The molecule has 0 saturated heterocycles. The fraction of sp³-hybridized carbons (Fsp3) is 0.321. The number of ether oxygens (including phenoxy) is 1. The number of aromatic nitrogens is 1. The summed E-state index contributed by atoms with van der Waals surface area (Å²) in [6.07, 6.45) is 3.28. The van der Waals surface area contributed by atoms with Crippen LogP contribution in [-0.4, -0.2) is 47.8 Å². The molecule has 3 N–H and O–H groups in total. The second-order valence-electron chi connectivity index (χ2n) is 8.82. The monoisotopic (exact) mass is 475 g/mol. The van der Waals surface area contributed by atoms with Gasteiger partial charge in [0.1, 0.15) is 0 Å². The standard InChI is InChI=1S/C28H33N3O4/c1-19(2)24-12-21(15-29-17-24)16-30-18-26(32)25(13-20-8-5-4-6-9-20)31-27(33)22-10-7-11-23(14-22)28(34)35-3/h4-12,14-15,17,19,25-26,30,32H,13,16,18H2,1-3H3,(H,31,33)/t25?,26-/m1/s1. The van der Waals surface area contributed by atoms with Crippen molar-refractivity contribution in [2.75, 3.05) is 13.7 Å². The first-order chi connectivity index (χ1) is 16.9. The van der Waals surface area contributed by atoms with Gasteiger partial charge in [-0.3, -0.25) is 9.78 Å². The van der Waals surface area contributed by atoms with Crippen LogP contribution < -0.4 is 10.6 Å². The fourth-order valence-electron chi connectivity index (χ4n) is 3.74. The van der Waals surface area contributed by atoms with Crippen LogP contribution in [0.1, 0.15) is 57.2 Å². The topological polar surface area (TPSA) is 101 Å². The van der Waals surface area contributed by atoms with E-state index in [1.54, 1.807) is 18.2 Å². The largest absolute Gasteiger partial charge is 0.465 e. The van der Waals surface area contributed by atoms with Gasteiger partial charge in [-0.05, 0) is 47.2 Å². The van der Waals surface area contributed by atoms with Crippen LogP contribution in [-0.2, 0) is 17.7 Å². The molecular weight excluding hydrogens is 442 g/mol. The lowest BCUT2D eigenvalue weighted by Crippen LogP contribution is -2.48. The smallest absolute Gasteiger partial charge is 0.337 e. The molecule has 7 nitrogen and oxygen atoms in total. The Morgan fingerprint density at radius 3 is 2.43 bits per heavy atom. The number of hydrogen-bond acceptors (Lipinski definition) is 6. The summed E-state index contributed by atoms with van der Waals surface area (Å²) >= 11 is 0. The van der Waals surface area contributed by atoms with Crippen LogP contribution in [0.5, 0.6) is 0 Å². The first-order valence-electron chi connectivity index (χ1n) is 11.7. The third kappa shape index (κ3) is 7.73. The molecule has 7 heteroatoms. The number of rotatable bonds is 11. The third-order valence-corrected chi connectivity index (χ3v) is 5.79. The summed E-state index contributed by atoms with van der Waals surface area (Å²) in [6, 6.07) is 17.6. The number of benzene rings is 2. The van der Waals surface area contributed by atoms with Gasteiger partial charge in [-0.1, -0.05) is 56.3 Å². The van der Waals surface area contributed by atoms with Crippen molar-refractivity contribution in [2.45, 2.75) is 44.9 Å². The van der Waals surface area contributed by atoms with Crippen LogP contribution in [0.4, 0.5) is 0 Å². The van der Waals surface area contributed by atoms with E-state index in [2.05, 4.69) is 35.5 Å². The van der Waals surface area contributed by atoms with E-state index >= 15 is 0 Å². The normalized spacial score (nSPS) is 12.7. The molecule has 1 heterocycles. The van der Waals surface area contributed by atoms with Crippen LogP contribution in [0, 0.1) is 0 Å². The highest BCUT2D eigenvalue weighted by Crippen LogP contribution is 2.14. The number of pyridine rings is 1. The summed E-state index contributed by atoms with van der Waals surface area (Å²) in [4.78, 5) is 29.2. The molecule has 184 valence electrons. The van der Waals surface area contributed by atoms with Gasteiger partial charge in [0.15, 0.2) is 0 Å². The predicted octanol–water partition coefficient (Wildman–Crippen LogP) is 3.48. The van der Waals surface area contributed by atoms with Crippen molar-refractivity contribution in [2.24, 2.45) is 0 Å². The quantitative estimate of drug-likeness (QED) is 0.367. The molecule has 3 aromatic rings. The highest BCUT2D eigenvalue weighted by molar-refractivity contribution is 5.98. The van der Waals surface area contributed by atoms with E-state index in [1.807, 2.05) is 42.7 Å². The van der Waals surface area contributed by atoms with Gasteiger partial charge in [0.2, 0.25) is 0 Å². The van der Waals surface area contributed by atoms with Gasteiger partial charge in [-0.15, -0.1) is 0 Å². The Morgan fingerprint density at radius 1 is 0.971 bits per heavy atom. The molecule has 1 amide bonds. The maximum absolute atomic E-state index is 13.0. The second kappa shape index (κ2) is 12.8. The fourth-order valence-corrected chi connectivity index (χ4v) is 3.74. The van der Waals surface area contributed by atoms with Crippen LogP contribution >= 0.6 is 0 Å². The summed E-state index contributed by atoms with van der Waals surface area (Å²) in [5.74, 6) is -0.499. The zero-order valence-electron chi connectivity index (χ0n) is 20.4. The molecule has 0 saturated carbocycles. The SMILES string of the molecule is COC(=O)c1cccc(C(=O)NC(Cc2ccccc2)[C@H](O)CNCc2cncc(C(C)C)c2)c1. The maximum atomic E-state index is 13.0. The van der Waals surface area contributed by atoms with Crippen molar-refractivity contribution in [3.8, 4) is 0 Å². The molecule has 2 atom stereocenters. The molecule has 0 spiro atoms. The van der Waals surface area contributed by atoms with Crippen molar-refractivity contribution < 1.29 is 19.4 Å². The third-order valence-electron chi connectivity index (χ3n) is 5.79. The molecule has 0 bridgehead atoms. The number of aliphatic hydroxyl groups is 1. The van der Waals surface area contributed by atoms with E-state index in [9.17, 15) is 14.7 Å². The number of esters is 1. The second-order valence-corrected chi connectivity index (χ2v) is 8.82. The number of nitrogens with zero attached hydrogens (tertiary/aromatic N) is 1. The van der Waals surface area contributed by atoms with Crippen LogP contribution in [0.15, 0.2) is 73.1 Å². The van der Waals surface area contributed by atoms with Gasteiger partial charge >= 0.3 is 5.97 Å². The summed E-state index contributed by atoms with van der Waals surface area (Å²) in [6.45, 7) is 5.08. The molecule has 1 unspecified atom stereocenters. The van der Waals surface area contributed by atoms with Gasteiger partial charge < -0.3 is 20.5 Å². The molecule has 0 fully saturated rings. The lowest BCUT2D eigenvalue weighted by atomic mass is 10.00. The van der Waals surface area contributed by atoms with E-state index in [4.69, 9.17) is 4.74 Å². The molecule has 0 aliphatic rings. The molecule has 0 aliphatic heterocycles. The minimum atomic E-state index is -0.843. The Balaban J connectivity index is 1.68. The molecular formula is C28H33N3O4. The zero-order valence-corrected chi connectivity index (χ0v) is 20.4. The summed E-state index contributed by atoms with van der Waals surface area (Å²) in [5, 5.41) is 17.2. The molecule has 3 rings (SSSR count). The Kier molecular flexibility index (Phi) is 9.52. The lowest BCUT2D eigenvalue weighted by molar-refractivity contribution is 0.0600. The number of methoxy groups -OCH3 is 1. The van der Waals surface area contributed by atoms with Crippen molar-refractivity contribution in [3.63, 3.8) is 0 Å². The minimum Gasteiger partial charge on any atom is -0.465 e. The first-order valence-corrected chi connectivity index (χ1v) is 11.7. The number of aliphatic hydroxyl groups excluding tert-OH is 1. The lowest BCUT2D eigenvalue weighted by Gasteiger charge is -2.25. The van der Waals surface area contributed by atoms with Crippen LogP contribution in [0.3, 0.4) is 0 Å². The van der Waals surface area contributed by atoms with Gasteiger partial charge in [-0.25, -0.2) is 4.79 Å². The number of carbonyl (C=O) groups excluding carboxylic acids is 2. The average Bonchev–Trinajstić information content (AvgIpc) is 2.88. The summed E-state index contributed by atoms with van der Waals surface area (Å²) in [5.41, 5.74) is 3.80. The van der Waals surface area contributed by atoms with E-state index in [1.165, 1.54) is 13.2 Å². The molecule has 0 radical (unpaired) electrons. The van der Waals surface area contributed by atoms with Gasteiger partial charge in [0.25, 0.3) is 5.91 Å². The average molecular weight is 476 g/mol. The van der Waals surface area contributed by atoms with Crippen molar-refractivity contribution in [1.82, 2.24) is 15.6 Å².